The first-order chi connectivity index (χ1) is 9.18. The molecule has 3 atom stereocenters. The van der Waals surface area contributed by atoms with Gasteiger partial charge in [0.05, 0.1) is 11.8 Å². The zero-order valence-electron chi connectivity index (χ0n) is 12.5. The van der Waals surface area contributed by atoms with Crippen LogP contribution in [0.3, 0.4) is 0 Å². The van der Waals surface area contributed by atoms with Crippen molar-refractivity contribution in [1.82, 2.24) is 4.90 Å². The van der Waals surface area contributed by atoms with Crippen molar-refractivity contribution in [2.75, 3.05) is 0 Å². The van der Waals surface area contributed by atoms with Gasteiger partial charge in [-0.15, -0.1) is 0 Å². The van der Waals surface area contributed by atoms with E-state index in [0.29, 0.717) is 5.92 Å². The third-order valence-electron chi connectivity index (χ3n) is 4.66. The van der Waals surface area contributed by atoms with Crippen molar-refractivity contribution >= 4 is 17.8 Å². The van der Waals surface area contributed by atoms with E-state index in [1.807, 2.05) is 0 Å². The maximum absolute atomic E-state index is 12.5. The molecule has 5 nitrogen and oxygen atoms in total. The summed E-state index contributed by atoms with van der Waals surface area (Å²) >= 11 is 0. The highest BCUT2D eigenvalue weighted by atomic mass is 16.4. The number of likely N-dealkylation sites (tertiary alicyclic amines) is 1. The molecule has 1 aliphatic heterocycles. The summed E-state index contributed by atoms with van der Waals surface area (Å²) in [5.41, 5.74) is -0.667. The minimum atomic E-state index is -1.11. The first-order valence-corrected chi connectivity index (χ1v) is 7.28. The predicted octanol–water partition coefficient (Wildman–Crippen LogP) is 1.91. The maximum Gasteiger partial charge on any atom is 0.327 e. The van der Waals surface area contributed by atoms with Gasteiger partial charge in [-0.1, -0.05) is 34.1 Å². The Hall–Kier alpha value is -1.39. The van der Waals surface area contributed by atoms with Gasteiger partial charge in [-0.05, 0) is 24.2 Å². The Morgan fingerprint density at radius 3 is 2.00 bits per heavy atom. The number of fused-ring (bicyclic) bond motifs is 1. The molecule has 1 heterocycles. The SMILES string of the molecule is CCC1CC2C(=O)N(C(C(=O)O)C(C)(C)C)C(=O)C2C1. The Balaban J connectivity index is 2.30. The number of amides is 2. The van der Waals surface area contributed by atoms with E-state index in [0.717, 1.165) is 24.2 Å². The van der Waals surface area contributed by atoms with E-state index in [1.54, 1.807) is 20.8 Å². The molecule has 1 N–H and O–H groups in total. The summed E-state index contributed by atoms with van der Waals surface area (Å²) in [5, 5.41) is 9.42. The van der Waals surface area contributed by atoms with Crippen LogP contribution < -0.4 is 0 Å². The Morgan fingerprint density at radius 1 is 1.25 bits per heavy atom. The molecule has 112 valence electrons. The van der Waals surface area contributed by atoms with E-state index in [-0.39, 0.29) is 23.7 Å². The monoisotopic (exact) mass is 281 g/mol. The van der Waals surface area contributed by atoms with Crippen LogP contribution in [-0.4, -0.2) is 33.8 Å². The molecule has 0 bridgehead atoms. The molecule has 0 radical (unpaired) electrons. The largest absolute Gasteiger partial charge is 0.480 e. The van der Waals surface area contributed by atoms with E-state index in [9.17, 15) is 19.5 Å². The van der Waals surface area contributed by atoms with Crippen LogP contribution in [0.2, 0.25) is 0 Å². The van der Waals surface area contributed by atoms with Gasteiger partial charge in [-0.3, -0.25) is 14.5 Å². The van der Waals surface area contributed by atoms with Gasteiger partial charge in [0.1, 0.15) is 6.04 Å². The molecular weight excluding hydrogens is 258 g/mol. The Kier molecular flexibility index (Phi) is 3.65. The highest BCUT2D eigenvalue weighted by molar-refractivity contribution is 6.08. The number of carbonyl (C=O) groups is 3. The molecule has 2 rings (SSSR count). The Labute approximate surface area is 119 Å². The van der Waals surface area contributed by atoms with Crippen molar-refractivity contribution in [1.29, 1.82) is 0 Å². The molecule has 0 aromatic heterocycles. The molecule has 0 spiro atoms. The lowest BCUT2D eigenvalue weighted by Gasteiger charge is -2.34. The van der Waals surface area contributed by atoms with Crippen LogP contribution in [0.1, 0.15) is 47.0 Å². The molecule has 1 aliphatic carbocycles. The predicted molar refractivity (Wildman–Crippen MR) is 72.7 cm³/mol. The van der Waals surface area contributed by atoms with Crippen molar-refractivity contribution in [3.8, 4) is 0 Å². The molecule has 20 heavy (non-hydrogen) atoms. The van der Waals surface area contributed by atoms with Gasteiger partial charge in [0.25, 0.3) is 0 Å². The molecule has 0 aromatic carbocycles. The summed E-state index contributed by atoms with van der Waals surface area (Å²) in [6, 6.07) is -1.08. The smallest absolute Gasteiger partial charge is 0.327 e. The van der Waals surface area contributed by atoms with E-state index in [2.05, 4.69) is 6.92 Å². The molecule has 5 heteroatoms. The lowest BCUT2D eigenvalue weighted by atomic mass is 9.85. The van der Waals surface area contributed by atoms with E-state index >= 15 is 0 Å². The molecule has 3 unspecified atom stereocenters. The van der Waals surface area contributed by atoms with Gasteiger partial charge in [0.2, 0.25) is 11.8 Å². The fourth-order valence-corrected chi connectivity index (χ4v) is 3.61. The minimum absolute atomic E-state index is 0.279. The number of hydrogen-bond acceptors (Lipinski definition) is 3. The standard InChI is InChI=1S/C15H23NO4/c1-5-8-6-9-10(7-8)13(18)16(12(9)17)11(14(19)20)15(2,3)4/h8-11H,5-7H2,1-4H3,(H,19,20). The molecule has 2 aliphatic rings. The normalized spacial score (nSPS) is 31.6. The molecule has 0 aromatic rings. The average Bonchev–Trinajstić information content (AvgIpc) is 2.83. The van der Waals surface area contributed by atoms with Crippen molar-refractivity contribution in [3.63, 3.8) is 0 Å². The summed E-state index contributed by atoms with van der Waals surface area (Å²) in [6.45, 7) is 7.30. The van der Waals surface area contributed by atoms with Crippen molar-refractivity contribution in [3.05, 3.63) is 0 Å². The Bertz CT molecular complexity index is 427. The summed E-state index contributed by atoms with van der Waals surface area (Å²) in [7, 11) is 0. The number of aliphatic carboxylic acids is 1. The van der Waals surface area contributed by atoms with Gasteiger partial charge in [-0.2, -0.15) is 0 Å². The van der Waals surface area contributed by atoms with Crippen LogP contribution in [0.25, 0.3) is 0 Å². The number of carbonyl (C=O) groups excluding carboxylic acids is 2. The van der Waals surface area contributed by atoms with Gasteiger partial charge < -0.3 is 5.11 Å². The first-order valence-electron chi connectivity index (χ1n) is 7.28. The Morgan fingerprint density at radius 2 is 1.70 bits per heavy atom. The van der Waals surface area contributed by atoms with Gasteiger partial charge in [0.15, 0.2) is 0 Å². The highest BCUT2D eigenvalue weighted by Crippen LogP contribution is 2.46. The minimum Gasteiger partial charge on any atom is -0.480 e. The van der Waals surface area contributed by atoms with Crippen LogP contribution in [-0.2, 0) is 14.4 Å². The third-order valence-corrected chi connectivity index (χ3v) is 4.66. The molecule has 1 saturated carbocycles. The van der Waals surface area contributed by atoms with Gasteiger partial charge in [-0.25, -0.2) is 4.79 Å². The molecule has 2 fully saturated rings. The number of carboxylic acid groups (broad SMARTS) is 1. The fraction of sp³-hybridized carbons (Fsp3) is 0.800. The van der Waals surface area contributed by atoms with Crippen LogP contribution >= 0.6 is 0 Å². The van der Waals surface area contributed by atoms with Crippen molar-refractivity contribution in [2.45, 2.75) is 53.0 Å². The zero-order valence-corrected chi connectivity index (χ0v) is 12.5. The summed E-state index contributed by atoms with van der Waals surface area (Å²) < 4.78 is 0. The maximum atomic E-state index is 12.5. The quantitative estimate of drug-likeness (QED) is 0.802. The number of rotatable bonds is 3. The van der Waals surface area contributed by atoms with E-state index in [1.165, 1.54) is 0 Å². The number of nitrogens with zero attached hydrogens (tertiary/aromatic N) is 1. The van der Waals surface area contributed by atoms with Crippen molar-refractivity contribution < 1.29 is 19.5 Å². The lowest BCUT2D eigenvalue weighted by molar-refractivity contribution is -0.160. The van der Waals surface area contributed by atoms with E-state index < -0.39 is 17.4 Å². The lowest BCUT2D eigenvalue weighted by Crippen LogP contribution is -2.52. The summed E-state index contributed by atoms with van der Waals surface area (Å²) in [4.78, 5) is 37.5. The molecule has 2 amide bonds. The fourth-order valence-electron chi connectivity index (χ4n) is 3.61. The second-order valence-corrected chi connectivity index (χ2v) is 7.11. The second-order valence-electron chi connectivity index (χ2n) is 7.11. The van der Waals surface area contributed by atoms with Crippen LogP contribution in [0, 0.1) is 23.2 Å². The van der Waals surface area contributed by atoms with Crippen LogP contribution in [0.5, 0.6) is 0 Å². The molecule has 1 saturated heterocycles. The highest BCUT2D eigenvalue weighted by Gasteiger charge is 2.57. The topological polar surface area (TPSA) is 74.7 Å². The number of carboxylic acids is 1. The van der Waals surface area contributed by atoms with Crippen LogP contribution in [0.4, 0.5) is 0 Å². The van der Waals surface area contributed by atoms with Crippen LogP contribution in [0.15, 0.2) is 0 Å². The van der Waals surface area contributed by atoms with Crippen molar-refractivity contribution in [2.24, 2.45) is 23.2 Å². The number of imide groups is 1. The first kappa shape index (κ1) is 15.0. The third kappa shape index (κ3) is 2.23. The van der Waals surface area contributed by atoms with Gasteiger partial charge >= 0.3 is 5.97 Å². The molecular formula is C15H23NO4. The summed E-state index contributed by atoms with van der Waals surface area (Å²) in [5.74, 6) is -1.84. The van der Waals surface area contributed by atoms with Gasteiger partial charge in [0, 0.05) is 0 Å². The zero-order chi connectivity index (χ0) is 15.2. The second kappa shape index (κ2) is 4.86. The summed E-state index contributed by atoms with van der Waals surface area (Å²) in [6.07, 6.45) is 2.41. The average molecular weight is 281 g/mol. The van der Waals surface area contributed by atoms with E-state index in [4.69, 9.17) is 0 Å². The number of hydrogen-bond donors (Lipinski definition) is 1.